The first kappa shape index (κ1) is 17.0. The zero-order chi connectivity index (χ0) is 17.8. The van der Waals surface area contributed by atoms with Crippen molar-refractivity contribution in [2.75, 3.05) is 25.1 Å². The van der Waals surface area contributed by atoms with Gasteiger partial charge in [-0.1, -0.05) is 12.1 Å². The van der Waals surface area contributed by atoms with E-state index < -0.39 is 0 Å². The molecule has 4 nitrogen and oxygen atoms in total. The Kier molecular flexibility index (Phi) is 5.03. The highest BCUT2D eigenvalue weighted by Gasteiger charge is 2.17. The highest BCUT2D eigenvalue weighted by molar-refractivity contribution is 6.07. The van der Waals surface area contributed by atoms with Gasteiger partial charge in [0.25, 0.3) is 0 Å². The molecule has 0 saturated carbocycles. The molecule has 0 bridgehead atoms. The predicted octanol–water partition coefficient (Wildman–Crippen LogP) is 4.04. The maximum absolute atomic E-state index is 14.3. The Morgan fingerprint density at radius 1 is 1.20 bits per heavy atom. The Hall–Kier alpha value is -2.82. The van der Waals surface area contributed by atoms with E-state index in [4.69, 9.17) is 4.74 Å². The summed E-state index contributed by atoms with van der Waals surface area (Å²) in [4.78, 5) is 14.3. The first-order valence-electron chi connectivity index (χ1n) is 8.22. The third kappa shape index (κ3) is 3.82. The molecule has 130 valence electrons. The molecule has 0 spiro atoms. The van der Waals surface area contributed by atoms with E-state index in [-0.39, 0.29) is 17.3 Å². The minimum Gasteiger partial charge on any atom is -0.504 e. The van der Waals surface area contributed by atoms with E-state index in [9.17, 15) is 14.3 Å². The van der Waals surface area contributed by atoms with Crippen molar-refractivity contribution in [2.45, 2.75) is 12.8 Å². The van der Waals surface area contributed by atoms with E-state index in [1.807, 2.05) is 4.90 Å². The van der Waals surface area contributed by atoms with Gasteiger partial charge in [-0.2, -0.15) is 0 Å². The number of ether oxygens (including phenoxy) is 1. The van der Waals surface area contributed by atoms with E-state index in [1.165, 1.54) is 25.3 Å². The maximum atomic E-state index is 14.3. The number of carbonyl (C=O) groups is 1. The van der Waals surface area contributed by atoms with Crippen molar-refractivity contribution in [3.05, 3.63) is 59.4 Å². The van der Waals surface area contributed by atoms with Gasteiger partial charge in [0, 0.05) is 18.7 Å². The lowest BCUT2D eigenvalue weighted by molar-refractivity contribution is 0.104. The first-order chi connectivity index (χ1) is 12.1. The number of phenolic OH excluding ortho intramolecular Hbond substituents is 1. The van der Waals surface area contributed by atoms with Gasteiger partial charge >= 0.3 is 0 Å². The van der Waals surface area contributed by atoms with Crippen LogP contribution in [0.4, 0.5) is 10.1 Å². The number of phenols is 1. The van der Waals surface area contributed by atoms with Crippen LogP contribution in [0.2, 0.25) is 0 Å². The van der Waals surface area contributed by atoms with Gasteiger partial charge in [0.2, 0.25) is 0 Å². The number of hydrogen-bond acceptors (Lipinski definition) is 4. The molecule has 2 aromatic carbocycles. The molecule has 1 aliphatic rings. The van der Waals surface area contributed by atoms with Crippen molar-refractivity contribution < 1.29 is 19.0 Å². The Morgan fingerprint density at radius 3 is 2.64 bits per heavy atom. The number of halogens is 1. The maximum Gasteiger partial charge on any atom is 0.185 e. The molecule has 0 atom stereocenters. The summed E-state index contributed by atoms with van der Waals surface area (Å²) in [6.45, 7) is 1.71. The van der Waals surface area contributed by atoms with Gasteiger partial charge in [0.1, 0.15) is 5.82 Å². The normalized spacial score (nSPS) is 14.2. The van der Waals surface area contributed by atoms with Gasteiger partial charge < -0.3 is 14.7 Å². The summed E-state index contributed by atoms with van der Waals surface area (Å²) >= 11 is 0. The van der Waals surface area contributed by atoms with E-state index >= 15 is 0 Å². The highest BCUT2D eigenvalue weighted by atomic mass is 19.1. The Morgan fingerprint density at radius 2 is 1.96 bits per heavy atom. The third-order valence-corrected chi connectivity index (χ3v) is 4.31. The predicted molar refractivity (Wildman–Crippen MR) is 95.9 cm³/mol. The summed E-state index contributed by atoms with van der Waals surface area (Å²) in [6, 6.07) is 9.40. The number of anilines is 1. The number of nitrogens with zero attached hydrogens (tertiary/aromatic N) is 1. The fourth-order valence-corrected chi connectivity index (χ4v) is 2.94. The molecule has 1 saturated heterocycles. The van der Waals surface area contributed by atoms with Crippen LogP contribution in [0.25, 0.3) is 6.08 Å². The molecule has 1 fully saturated rings. The Balaban J connectivity index is 1.75. The zero-order valence-corrected chi connectivity index (χ0v) is 14.0. The molecule has 3 rings (SSSR count). The zero-order valence-electron chi connectivity index (χ0n) is 14.0. The molecule has 1 N–H and O–H groups in total. The lowest BCUT2D eigenvalue weighted by Crippen LogP contribution is -2.19. The molecule has 25 heavy (non-hydrogen) atoms. The van der Waals surface area contributed by atoms with E-state index in [0.29, 0.717) is 22.6 Å². The van der Waals surface area contributed by atoms with Crippen LogP contribution >= 0.6 is 0 Å². The minimum atomic E-state index is -0.368. The van der Waals surface area contributed by atoms with Crippen LogP contribution in [-0.2, 0) is 0 Å². The number of aromatic hydroxyl groups is 1. The van der Waals surface area contributed by atoms with E-state index in [2.05, 4.69) is 0 Å². The molecular weight excluding hydrogens is 321 g/mol. The van der Waals surface area contributed by atoms with E-state index in [1.54, 1.807) is 30.3 Å². The highest BCUT2D eigenvalue weighted by Crippen LogP contribution is 2.27. The van der Waals surface area contributed by atoms with Crippen LogP contribution in [0.1, 0.15) is 28.8 Å². The number of rotatable bonds is 5. The summed E-state index contributed by atoms with van der Waals surface area (Å²) in [5, 5.41) is 9.58. The smallest absolute Gasteiger partial charge is 0.185 e. The molecule has 0 unspecified atom stereocenters. The van der Waals surface area contributed by atoms with Crippen molar-refractivity contribution in [2.24, 2.45) is 0 Å². The Labute approximate surface area is 146 Å². The summed E-state index contributed by atoms with van der Waals surface area (Å²) in [7, 11) is 1.46. The molecule has 2 aromatic rings. The molecule has 1 heterocycles. The molecule has 0 radical (unpaired) electrons. The topological polar surface area (TPSA) is 49.8 Å². The third-order valence-electron chi connectivity index (χ3n) is 4.31. The van der Waals surface area contributed by atoms with Gasteiger partial charge in [-0.15, -0.1) is 0 Å². The summed E-state index contributed by atoms with van der Waals surface area (Å²) in [5.41, 5.74) is 1.57. The molecular formula is C20H20FNO3. The van der Waals surface area contributed by atoms with Crippen molar-refractivity contribution >= 4 is 17.5 Å². The standard InChI is InChI=1S/C20H20FNO3/c1-25-20-12-14(5-9-19(20)24)4-8-18(23)15-6-7-17(16(21)13-15)22-10-2-3-11-22/h4-9,12-13,24H,2-3,10-11H2,1H3/b8-4+. The van der Waals surface area contributed by atoms with Crippen molar-refractivity contribution in [3.63, 3.8) is 0 Å². The lowest BCUT2D eigenvalue weighted by atomic mass is 10.1. The average molecular weight is 341 g/mol. The molecule has 0 aromatic heterocycles. The molecule has 5 heteroatoms. The van der Waals surface area contributed by atoms with Gasteiger partial charge in [0.15, 0.2) is 17.3 Å². The quantitative estimate of drug-likeness (QED) is 0.659. The SMILES string of the molecule is COc1cc(/C=C/C(=O)c2ccc(N3CCCC3)c(F)c2)ccc1O. The first-order valence-corrected chi connectivity index (χ1v) is 8.22. The van der Waals surface area contributed by atoms with Crippen LogP contribution in [0.15, 0.2) is 42.5 Å². The largest absolute Gasteiger partial charge is 0.504 e. The van der Waals surface area contributed by atoms with Crippen molar-refractivity contribution in [1.29, 1.82) is 0 Å². The number of carbonyl (C=O) groups excluding carboxylic acids is 1. The summed E-state index contributed by atoms with van der Waals surface area (Å²) in [6.07, 6.45) is 5.13. The van der Waals surface area contributed by atoms with Gasteiger partial charge in [-0.3, -0.25) is 4.79 Å². The molecule has 0 aliphatic carbocycles. The van der Waals surface area contributed by atoms with Crippen LogP contribution in [0.5, 0.6) is 11.5 Å². The average Bonchev–Trinajstić information content (AvgIpc) is 3.15. The van der Waals surface area contributed by atoms with E-state index in [0.717, 1.165) is 25.9 Å². The van der Waals surface area contributed by atoms with Gasteiger partial charge in [0.05, 0.1) is 12.8 Å². The summed E-state index contributed by atoms with van der Waals surface area (Å²) < 4.78 is 19.3. The monoisotopic (exact) mass is 341 g/mol. The lowest BCUT2D eigenvalue weighted by Gasteiger charge is -2.18. The Bertz CT molecular complexity index is 811. The number of hydrogen-bond donors (Lipinski definition) is 1. The summed E-state index contributed by atoms with van der Waals surface area (Å²) in [5.74, 6) is -0.285. The van der Waals surface area contributed by atoms with Gasteiger partial charge in [-0.25, -0.2) is 4.39 Å². The van der Waals surface area contributed by atoms with Crippen LogP contribution in [0.3, 0.4) is 0 Å². The second-order valence-corrected chi connectivity index (χ2v) is 5.99. The van der Waals surface area contributed by atoms with Crippen molar-refractivity contribution in [3.8, 4) is 11.5 Å². The number of methoxy groups -OCH3 is 1. The minimum absolute atomic E-state index is 0.0329. The van der Waals surface area contributed by atoms with Crippen molar-refractivity contribution in [1.82, 2.24) is 0 Å². The van der Waals surface area contributed by atoms with Crippen LogP contribution in [-0.4, -0.2) is 31.1 Å². The molecule has 0 amide bonds. The fraction of sp³-hybridized carbons (Fsp3) is 0.250. The number of ketones is 1. The van der Waals surface area contributed by atoms with Gasteiger partial charge in [-0.05, 0) is 54.8 Å². The van der Waals surface area contributed by atoms with Crippen LogP contribution < -0.4 is 9.64 Å². The number of allylic oxidation sites excluding steroid dienone is 1. The second-order valence-electron chi connectivity index (χ2n) is 5.99. The second kappa shape index (κ2) is 7.38. The molecule has 1 aliphatic heterocycles. The number of benzene rings is 2. The van der Waals surface area contributed by atoms with Crippen LogP contribution in [0, 0.1) is 5.82 Å². The fourth-order valence-electron chi connectivity index (χ4n) is 2.94.